The Kier molecular flexibility index (Phi) is 5.20. The van der Waals surface area contributed by atoms with Gasteiger partial charge in [0.15, 0.2) is 11.5 Å². The van der Waals surface area contributed by atoms with Crippen LogP contribution in [0.15, 0.2) is 48.8 Å². The lowest BCUT2D eigenvalue weighted by atomic mass is 10.00. The van der Waals surface area contributed by atoms with E-state index in [1.165, 1.54) is 11.1 Å². The predicted octanol–water partition coefficient (Wildman–Crippen LogP) is 3.45. The van der Waals surface area contributed by atoms with Gasteiger partial charge < -0.3 is 19.4 Å². The van der Waals surface area contributed by atoms with Crippen LogP contribution in [0.5, 0.6) is 11.5 Å². The summed E-state index contributed by atoms with van der Waals surface area (Å²) < 4.78 is 10.7. The van der Waals surface area contributed by atoms with Gasteiger partial charge in [-0.2, -0.15) is 0 Å². The molecular formula is C23H27N3O3. The largest absolute Gasteiger partial charge is 0.493 e. The van der Waals surface area contributed by atoms with Crippen molar-refractivity contribution in [3.63, 3.8) is 0 Å². The van der Waals surface area contributed by atoms with E-state index in [2.05, 4.69) is 37.5 Å². The van der Waals surface area contributed by atoms with Crippen LogP contribution in [0.25, 0.3) is 0 Å². The molecular weight excluding hydrogens is 366 g/mol. The molecule has 6 nitrogen and oxygen atoms in total. The third-order valence-corrected chi connectivity index (χ3v) is 5.81. The lowest BCUT2D eigenvalue weighted by Crippen LogP contribution is -2.47. The topological polar surface area (TPSA) is 54.0 Å². The van der Waals surface area contributed by atoms with Gasteiger partial charge in [0, 0.05) is 12.4 Å². The molecule has 2 aliphatic heterocycles. The van der Waals surface area contributed by atoms with Crippen LogP contribution in [-0.2, 0) is 11.3 Å². The normalized spacial score (nSPS) is 20.8. The summed E-state index contributed by atoms with van der Waals surface area (Å²) >= 11 is 0. The predicted molar refractivity (Wildman–Crippen MR) is 111 cm³/mol. The molecule has 2 heterocycles. The van der Waals surface area contributed by atoms with E-state index in [0.29, 0.717) is 24.5 Å². The molecule has 2 aliphatic rings. The highest BCUT2D eigenvalue weighted by molar-refractivity contribution is 5.84. The highest BCUT2D eigenvalue weighted by atomic mass is 16.5. The zero-order chi connectivity index (χ0) is 20.5. The standard InChI is InChI=1S/C23H27N3O3/c1-15-5-6-17(11-16(15)2)14-25-9-10-26-20(23(25)27)13-19(24-26)18-7-8-21(28-3)22(12-18)29-4/h5-12,19-20,24H,13-14H2,1-4H3. The zero-order valence-corrected chi connectivity index (χ0v) is 17.3. The Hall–Kier alpha value is -2.99. The molecule has 0 aliphatic carbocycles. The number of methoxy groups -OCH3 is 2. The number of hydrogen-bond donors (Lipinski definition) is 1. The van der Waals surface area contributed by atoms with Gasteiger partial charge in [0.05, 0.1) is 26.8 Å². The third-order valence-electron chi connectivity index (χ3n) is 5.81. The van der Waals surface area contributed by atoms with Gasteiger partial charge in [-0.15, -0.1) is 0 Å². The molecule has 0 spiro atoms. The Bertz CT molecular complexity index is 956. The van der Waals surface area contributed by atoms with Crippen molar-refractivity contribution in [1.82, 2.24) is 15.3 Å². The Morgan fingerprint density at radius 2 is 1.79 bits per heavy atom. The summed E-state index contributed by atoms with van der Waals surface area (Å²) in [6.07, 6.45) is 4.51. The van der Waals surface area contributed by atoms with Crippen molar-refractivity contribution in [3.05, 3.63) is 71.1 Å². The molecule has 1 amide bonds. The fraction of sp³-hybridized carbons (Fsp3) is 0.348. The number of carbonyl (C=O) groups is 1. The molecule has 1 N–H and O–H groups in total. The first-order valence-corrected chi connectivity index (χ1v) is 9.81. The second-order valence-corrected chi connectivity index (χ2v) is 7.64. The molecule has 0 saturated carbocycles. The summed E-state index contributed by atoms with van der Waals surface area (Å²) in [5, 5.41) is 1.92. The maximum Gasteiger partial charge on any atom is 0.251 e. The van der Waals surface area contributed by atoms with Crippen molar-refractivity contribution in [2.45, 2.75) is 38.9 Å². The molecule has 2 aromatic rings. The molecule has 1 saturated heterocycles. The average Bonchev–Trinajstić information content (AvgIpc) is 3.17. The lowest BCUT2D eigenvalue weighted by molar-refractivity contribution is -0.134. The second kappa shape index (κ2) is 7.79. The van der Waals surface area contributed by atoms with E-state index < -0.39 is 0 Å². The van der Waals surface area contributed by atoms with Crippen molar-refractivity contribution in [1.29, 1.82) is 0 Å². The fourth-order valence-corrected chi connectivity index (χ4v) is 3.95. The summed E-state index contributed by atoms with van der Waals surface area (Å²) in [6.45, 7) is 4.78. The van der Waals surface area contributed by atoms with E-state index >= 15 is 0 Å². The smallest absolute Gasteiger partial charge is 0.251 e. The first kappa shape index (κ1) is 19.3. The molecule has 6 heteroatoms. The summed E-state index contributed by atoms with van der Waals surface area (Å²) in [5.74, 6) is 1.50. The molecule has 0 radical (unpaired) electrons. The van der Waals surface area contributed by atoms with E-state index in [0.717, 1.165) is 11.1 Å². The minimum Gasteiger partial charge on any atom is -0.493 e. The van der Waals surface area contributed by atoms with Crippen LogP contribution in [0.1, 0.15) is 34.7 Å². The number of ether oxygens (including phenoxy) is 2. The van der Waals surface area contributed by atoms with Crippen LogP contribution in [-0.4, -0.2) is 36.1 Å². The minimum atomic E-state index is -0.218. The first-order chi connectivity index (χ1) is 14.0. The van der Waals surface area contributed by atoms with E-state index in [4.69, 9.17) is 9.47 Å². The van der Waals surface area contributed by atoms with Gasteiger partial charge in [-0.25, -0.2) is 5.43 Å². The maximum absolute atomic E-state index is 13.1. The number of nitrogens with zero attached hydrogens (tertiary/aromatic N) is 2. The van der Waals surface area contributed by atoms with Gasteiger partial charge in [0.2, 0.25) is 0 Å². The number of rotatable bonds is 5. The number of fused-ring (bicyclic) bond motifs is 1. The number of hydrazine groups is 1. The van der Waals surface area contributed by atoms with E-state index in [1.54, 1.807) is 14.2 Å². The third kappa shape index (κ3) is 3.68. The number of amides is 1. The lowest BCUT2D eigenvalue weighted by Gasteiger charge is -2.32. The SMILES string of the molecule is COc1ccc(C2CC3C(=O)N(Cc4ccc(C)c(C)c4)C=CN3N2)cc1OC. The van der Waals surface area contributed by atoms with E-state index in [-0.39, 0.29) is 18.0 Å². The molecule has 2 aromatic carbocycles. The number of carbonyl (C=O) groups excluding carboxylic acids is 1. The van der Waals surface area contributed by atoms with Crippen LogP contribution < -0.4 is 14.9 Å². The van der Waals surface area contributed by atoms with Crippen molar-refractivity contribution >= 4 is 5.91 Å². The molecule has 2 atom stereocenters. The van der Waals surface area contributed by atoms with Gasteiger partial charge in [0.1, 0.15) is 6.04 Å². The highest BCUT2D eigenvalue weighted by Gasteiger charge is 2.40. The fourth-order valence-electron chi connectivity index (χ4n) is 3.95. The number of benzene rings is 2. The second-order valence-electron chi connectivity index (χ2n) is 7.64. The maximum atomic E-state index is 13.1. The van der Waals surface area contributed by atoms with E-state index in [1.807, 2.05) is 40.5 Å². The number of nitrogens with one attached hydrogen (secondary N) is 1. The van der Waals surface area contributed by atoms with Gasteiger partial charge in [0.25, 0.3) is 5.91 Å². The van der Waals surface area contributed by atoms with Gasteiger partial charge in [-0.3, -0.25) is 4.79 Å². The summed E-state index contributed by atoms with van der Waals surface area (Å²) in [4.78, 5) is 14.9. The molecule has 2 unspecified atom stereocenters. The summed E-state index contributed by atoms with van der Waals surface area (Å²) in [7, 11) is 3.25. The first-order valence-electron chi connectivity index (χ1n) is 9.81. The highest BCUT2D eigenvalue weighted by Crippen LogP contribution is 2.35. The average molecular weight is 393 g/mol. The van der Waals surface area contributed by atoms with Crippen molar-refractivity contribution in [2.24, 2.45) is 0 Å². The Morgan fingerprint density at radius 3 is 2.52 bits per heavy atom. The Morgan fingerprint density at radius 1 is 1.00 bits per heavy atom. The van der Waals surface area contributed by atoms with Crippen LogP contribution >= 0.6 is 0 Å². The quantitative estimate of drug-likeness (QED) is 0.843. The van der Waals surface area contributed by atoms with Crippen LogP contribution in [0, 0.1) is 13.8 Å². The molecule has 0 aromatic heterocycles. The van der Waals surface area contributed by atoms with Crippen molar-refractivity contribution in [2.75, 3.05) is 14.2 Å². The van der Waals surface area contributed by atoms with Crippen molar-refractivity contribution in [3.8, 4) is 11.5 Å². The van der Waals surface area contributed by atoms with Crippen LogP contribution in [0.2, 0.25) is 0 Å². The van der Waals surface area contributed by atoms with Gasteiger partial charge in [-0.05, 0) is 54.7 Å². The van der Waals surface area contributed by atoms with Crippen molar-refractivity contribution < 1.29 is 14.3 Å². The molecule has 29 heavy (non-hydrogen) atoms. The van der Waals surface area contributed by atoms with Gasteiger partial charge >= 0.3 is 0 Å². The molecule has 152 valence electrons. The summed E-state index contributed by atoms with van der Waals surface area (Å²) in [5.41, 5.74) is 8.15. The monoisotopic (exact) mass is 393 g/mol. The summed E-state index contributed by atoms with van der Waals surface area (Å²) in [6, 6.07) is 12.1. The zero-order valence-electron chi connectivity index (χ0n) is 17.3. The molecule has 1 fully saturated rings. The van der Waals surface area contributed by atoms with Gasteiger partial charge in [-0.1, -0.05) is 24.3 Å². The number of aryl methyl sites for hydroxylation is 2. The number of hydrogen-bond acceptors (Lipinski definition) is 5. The Balaban J connectivity index is 1.49. The molecule has 0 bridgehead atoms. The minimum absolute atomic E-state index is 0.0370. The van der Waals surface area contributed by atoms with Crippen LogP contribution in [0.4, 0.5) is 0 Å². The Labute approximate surface area is 171 Å². The van der Waals surface area contributed by atoms with E-state index in [9.17, 15) is 4.79 Å². The van der Waals surface area contributed by atoms with Crippen LogP contribution in [0.3, 0.4) is 0 Å². The molecule has 4 rings (SSSR count).